The van der Waals surface area contributed by atoms with Gasteiger partial charge in [-0.2, -0.15) is 37.2 Å². The lowest BCUT2D eigenvalue weighted by atomic mass is 10.2. The predicted molar refractivity (Wildman–Crippen MR) is 101 cm³/mol. The molecule has 2 N–H and O–H groups in total. The predicted octanol–water partition coefficient (Wildman–Crippen LogP) is 2.06. The van der Waals surface area contributed by atoms with Crippen LogP contribution in [0.4, 0.5) is 11.4 Å². The number of hydrazone groups is 1. The van der Waals surface area contributed by atoms with Crippen LogP contribution in [0.25, 0.3) is 0 Å². The molecule has 0 fully saturated rings. The van der Waals surface area contributed by atoms with Crippen molar-refractivity contribution in [2.45, 2.75) is 22.8 Å². The largest absolute Gasteiger partial charge is 0.294 e. The van der Waals surface area contributed by atoms with Gasteiger partial charge in [0, 0.05) is 0 Å². The van der Waals surface area contributed by atoms with Crippen LogP contribution in [0.2, 0.25) is 0 Å². The van der Waals surface area contributed by atoms with Gasteiger partial charge >= 0.3 is 0 Å². The van der Waals surface area contributed by atoms with Crippen molar-refractivity contribution in [2.75, 3.05) is 5.01 Å². The number of carbonyl (C=O) groups excluding carboxylic acids is 1. The van der Waals surface area contributed by atoms with E-state index in [1.54, 1.807) is 6.92 Å². The fourth-order valence-electron chi connectivity index (χ4n) is 2.44. The van der Waals surface area contributed by atoms with Crippen molar-refractivity contribution in [1.29, 1.82) is 0 Å². The summed E-state index contributed by atoms with van der Waals surface area (Å²) in [5.74, 6) is -0.527. The third-order valence-electron chi connectivity index (χ3n) is 3.90. The fraction of sp³-hybridized carbons (Fsp3) is 0.125. The molecule has 11 nitrogen and oxygen atoms in total. The Morgan fingerprint density at radius 2 is 1.38 bits per heavy atom. The summed E-state index contributed by atoms with van der Waals surface area (Å²) in [5, 5.41) is 13.0. The zero-order valence-electron chi connectivity index (χ0n) is 14.7. The third-order valence-corrected chi connectivity index (χ3v) is 5.63. The molecule has 1 aliphatic rings. The van der Waals surface area contributed by atoms with Crippen LogP contribution in [-0.4, -0.2) is 43.6 Å². The Morgan fingerprint density at radius 1 is 0.897 bits per heavy atom. The summed E-state index contributed by atoms with van der Waals surface area (Å²) in [5.41, 5.74) is 0.873. The highest BCUT2D eigenvalue weighted by Gasteiger charge is 2.34. The second kappa shape index (κ2) is 7.44. The van der Waals surface area contributed by atoms with Gasteiger partial charge in [0.15, 0.2) is 6.04 Å². The molecule has 0 saturated carbocycles. The summed E-state index contributed by atoms with van der Waals surface area (Å²) >= 11 is 0. The van der Waals surface area contributed by atoms with E-state index in [-0.39, 0.29) is 21.2 Å². The molecule has 0 aromatic heterocycles. The molecule has 1 atom stereocenters. The van der Waals surface area contributed by atoms with Crippen molar-refractivity contribution in [1.82, 2.24) is 0 Å². The molecular formula is C16H14N4O7S2. The van der Waals surface area contributed by atoms with Gasteiger partial charge in [-0.05, 0) is 55.5 Å². The van der Waals surface area contributed by atoms with Gasteiger partial charge in [-0.1, -0.05) is 0 Å². The number of rotatable bonds is 5. The highest BCUT2D eigenvalue weighted by Crippen LogP contribution is 2.25. The van der Waals surface area contributed by atoms with E-state index in [4.69, 9.17) is 9.11 Å². The molecule has 1 amide bonds. The van der Waals surface area contributed by atoms with Gasteiger partial charge in [-0.25, -0.2) is 0 Å². The Morgan fingerprint density at radius 3 is 1.86 bits per heavy atom. The van der Waals surface area contributed by atoms with Gasteiger partial charge in [0.1, 0.15) is 0 Å². The molecule has 29 heavy (non-hydrogen) atoms. The molecule has 0 spiro atoms. The van der Waals surface area contributed by atoms with Crippen molar-refractivity contribution < 1.29 is 30.7 Å². The van der Waals surface area contributed by atoms with E-state index >= 15 is 0 Å². The molecule has 3 rings (SSSR count). The van der Waals surface area contributed by atoms with Crippen LogP contribution in [-0.2, 0) is 25.0 Å². The Hall–Kier alpha value is -3.00. The van der Waals surface area contributed by atoms with E-state index in [0.29, 0.717) is 5.71 Å². The lowest BCUT2D eigenvalue weighted by Gasteiger charge is -2.12. The van der Waals surface area contributed by atoms with Gasteiger partial charge in [0.2, 0.25) is 0 Å². The van der Waals surface area contributed by atoms with Crippen molar-refractivity contribution in [3.05, 3.63) is 48.5 Å². The van der Waals surface area contributed by atoms with Crippen molar-refractivity contribution >= 4 is 43.2 Å². The molecule has 13 heteroatoms. The molecule has 1 heterocycles. The summed E-state index contributed by atoms with van der Waals surface area (Å²) in [4.78, 5) is 12.0. The van der Waals surface area contributed by atoms with E-state index in [0.717, 1.165) is 29.3 Å². The van der Waals surface area contributed by atoms with Gasteiger partial charge in [0.25, 0.3) is 26.1 Å². The van der Waals surface area contributed by atoms with Crippen LogP contribution in [0.3, 0.4) is 0 Å². The van der Waals surface area contributed by atoms with Crippen LogP contribution in [0.15, 0.2) is 73.7 Å². The third kappa shape index (κ3) is 4.54. The highest BCUT2D eigenvalue weighted by atomic mass is 32.2. The number of nitrogens with zero attached hydrogens (tertiary/aromatic N) is 4. The summed E-state index contributed by atoms with van der Waals surface area (Å²) in [6, 6.07) is 8.78. The van der Waals surface area contributed by atoms with E-state index in [9.17, 15) is 21.6 Å². The van der Waals surface area contributed by atoms with E-state index in [2.05, 4.69) is 15.3 Å². The maximum absolute atomic E-state index is 12.6. The Kier molecular flexibility index (Phi) is 5.32. The number of carbonyl (C=O) groups is 1. The van der Waals surface area contributed by atoms with Crippen molar-refractivity contribution in [3.63, 3.8) is 0 Å². The standard InChI is InChI=1S/C16H14N4O7S2/c1-10-15(18-17-11-2-6-13(7-3-11)28(22,23)24)16(21)20(19-10)12-4-8-14(9-5-12)29(25,26)27/h2-9,15H,1H3,(H,22,23,24)(H,25,26,27). The van der Waals surface area contributed by atoms with Crippen LogP contribution in [0.5, 0.6) is 0 Å². The average molecular weight is 438 g/mol. The minimum absolute atomic E-state index is 0.258. The zero-order valence-corrected chi connectivity index (χ0v) is 16.4. The summed E-state index contributed by atoms with van der Waals surface area (Å²) in [7, 11) is -8.68. The first-order chi connectivity index (χ1) is 13.5. The molecule has 0 aliphatic carbocycles. The molecule has 152 valence electrons. The second-order valence-corrected chi connectivity index (χ2v) is 8.79. The van der Waals surface area contributed by atoms with Gasteiger partial charge < -0.3 is 0 Å². The normalized spacial score (nSPS) is 17.8. The molecule has 2 aromatic rings. The minimum atomic E-state index is -4.36. The van der Waals surface area contributed by atoms with Crippen LogP contribution in [0.1, 0.15) is 6.92 Å². The van der Waals surface area contributed by atoms with E-state index < -0.39 is 32.2 Å². The molecular weight excluding hydrogens is 424 g/mol. The molecule has 0 bridgehead atoms. The Balaban J connectivity index is 1.78. The first-order valence-electron chi connectivity index (χ1n) is 7.92. The first-order valence-corrected chi connectivity index (χ1v) is 10.8. The SMILES string of the molecule is CC1=NN(c2ccc(S(=O)(=O)O)cc2)C(=O)C1N=Nc1ccc(S(=O)(=O)O)cc1. The maximum Gasteiger partial charge on any atom is 0.294 e. The van der Waals surface area contributed by atoms with Gasteiger partial charge in [-0.15, -0.1) is 0 Å². The lowest BCUT2D eigenvalue weighted by molar-refractivity contribution is -0.117. The maximum atomic E-state index is 12.6. The smallest absolute Gasteiger partial charge is 0.282 e. The number of anilines is 1. The lowest BCUT2D eigenvalue weighted by Crippen LogP contribution is -2.29. The fourth-order valence-corrected chi connectivity index (χ4v) is 3.40. The van der Waals surface area contributed by atoms with Crippen LogP contribution < -0.4 is 5.01 Å². The van der Waals surface area contributed by atoms with Crippen LogP contribution in [0, 0.1) is 0 Å². The summed E-state index contributed by atoms with van der Waals surface area (Å²) in [6.07, 6.45) is 0. The number of hydrogen-bond donors (Lipinski definition) is 2. The topological polar surface area (TPSA) is 166 Å². The number of amides is 1. The average Bonchev–Trinajstić information content (AvgIpc) is 2.93. The minimum Gasteiger partial charge on any atom is -0.282 e. The molecule has 1 aliphatic heterocycles. The summed E-state index contributed by atoms with van der Waals surface area (Å²) in [6.45, 7) is 1.57. The zero-order chi connectivity index (χ0) is 21.4. The Labute approximate surface area is 165 Å². The Bertz CT molecular complexity index is 1220. The molecule has 2 aromatic carbocycles. The molecule has 0 radical (unpaired) electrons. The number of azo groups is 1. The summed E-state index contributed by atoms with van der Waals surface area (Å²) < 4.78 is 62.2. The monoisotopic (exact) mass is 438 g/mol. The highest BCUT2D eigenvalue weighted by molar-refractivity contribution is 7.86. The quantitative estimate of drug-likeness (QED) is 0.532. The van der Waals surface area contributed by atoms with E-state index in [1.165, 1.54) is 24.3 Å². The van der Waals surface area contributed by atoms with Gasteiger partial charge in [-0.3, -0.25) is 13.9 Å². The van der Waals surface area contributed by atoms with Crippen molar-refractivity contribution in [3.8, 4) is 0 Å². The van der Waals surface area contributed by atoms with Crippen molar-refractivity contribution in [2.24, 2.45) is 15.3 Å². The first kappa shape index (κ1) is 20.7. The molecule has 1 unspecified atom stereocenters. The number of hydrogen-bond acceptors (Lipinski definition) is 8. The van der Waals surface area contributed by atoms with Crippen LogP contribution >= 0.6 is 0 Å². The van der Waals surface area contributed by atoms with Gasteiger partial charge in [0.05, 0.1) is 26.9 Å². The second-order valence-electron chi connectivity index (χ2n) is 5.95. The molecule has 0 saturated heterocycles. The number of benzene rings is 2. The van der Waals surface area contributed by atoms with E-state index in [1.807, 2.05) is 0 Å².